The van der Waals surface area contributed by atoms with Gasteiger partial charge in [0.15, 0.2) is 0 Å². The molecular formula is C5H14O6Si. The molecule has 0 unspecified atom stereocenters. The average Bonchev–Trinajstić information content (AvgIpc) is 2.02. The van der Waals surface area contributed by atoms with E-state index >= 15 is 0 Å². The molecule has 0 aliphatic rings. The van der Waals surface area contributed by atoms with E-state index in [0.717, 1.165) is 6.92 Å². The van der Waals surface area contributed by atoms with Crippen molar-refractivity contribution < 1.29 is 28.0 Å². The van der Waals surface area contributed by atoms with Crippen LogP contribution in [0.1, 0.15) is 6.92 Å². The zero-order chi connectivity index (χ0) is 10.2. The summed E-state index contributed by atoms with van der Waals surface area (Å²) in [5, 5.41) is 7.42. The van der Waals surface area contributed by atoms with Gasteiger partial charge in [-0.15, -0.1) is 0 Å². The lowest BCUT2D eigenvalue weighted by molar-refractivity contribution is -0.134. The molecule has 6 nitrogen and oxygen atoms in total. The van der Waals surface area contributed by atoms with Gasteiger partial charge in [0.2, 0.25) is 0 Å². The predicted molar refractivity (Wildman–Crippen MR) is 42.3 cm³/mol. The van der Waals surface area contributed by atoms with Crippen LogP contribution >= 0.6 is 0 Å². The van der Waals surface area contributed by atoms with Crippen LogP contribution in [0.5, 0.6) is 0 Å². The highest BCUT2D eigenvalue weighted by Crippen LogP contribution is 1.97. The van der Waals surface area contributed by atoms with Crippen LogP contribution in [0.4, 0.5) is 0 Å². The van der Waals surface area contributed by atoms with Crippen molar-refractivity contribution in [3.05, 3.63) is 0 Å². The van der Waals surface area contributed by atoms with E-state index in [0.29, 0.717) is 0 Å². The van der Waals surface area contributed by atoms with Crippen molar-refractivity contribution >= 4 is 15.0 Å². The molecule has 2 N–H and O–H groups in total. The third-order valence-electron chi connectivity index (χ3n) is 0.774. The SMILES string of the molecule is CC(=O)O.CO[Si](O)(OC)OC. The quantitative estimate of drug-likeness (QED) is 0.591. The molecule has 0 fully saturated rings. The first-order valence-corrected chi connectivity index (χ1v) is 4.66. The van der Waals surface area contributed by atoms with E-state index in [1.807, 2.05) is 0 Å². The fourth-order valence-electron chi connectivity index (χ4n) is 0.250. The summed E-state index contributed by atoms with van der Waals surface area (Å²) in [7, 11) is 0.826. The standard InChI is InChI=1S/C3H10O4Si.C2H4O2/c1-5-8(4,6-2)7-3;1-2(3)4/h4H,1-3H3;1H3,(H,3,4). The Morgan fingerprint density at radius 3 is 1.33 bits per heavy atom. The summed E-state index contributed by atoms with van der Waals surface area (Å²) in [6.45, 7) is 1.08. The Hall–Kier alpha value is -0.473. The molecule has 74 valence electrons. The largest absolute Gasteiger partial charge is 0.676 e. The molecule has 0 saturated carbocycles. The minimum atomic E-state index is -3.17. The highest BCUT2D eigenvalue weighted by Gasteiger charge is 2.36. The lowest BCUT2D eigenvalue weighted by Crippen LogP contribution is -2.42. The van der Waals surface area contributed by atoms with E-state index in [1.54, 1.807) is 0 Å². The van der Waals surface area contributed by atoms with Gasteiger partial charge in [0.1, 0.15) is 0 Å². The van der Waals surface area contributed by atoms with Crippen LogP contribution < -0.4 is 0 Å². The molecule has 0 aliphatic carbocycles. The van der Waals surface area contributed by atoms with Gasteiger partial charge in [-0.05, 0) is 0 Å². The molecule has 0 saturated heterocycles. The van der Waals surface area contributed by atoms with E-state index < -0.39 is 15.0 Å². The molecule has 12 heavy (non-hydrogen) atoms. The molecule has 0 aliphatic heterocycles. The van der Waals surface area contributed by atoms with Crippen molar-refractivity contribution in [2.45, 2.75) is 6.92 Å². The number of rotatable bonds is 3. The normalized spacial score (nSPS) is 10.1. The van der Waals surface area contributed by atoms with Gasteiger partial charge < -0.3 is 23.2 Å². The maximum atomic E-state index is 9.00. The first-order valence-electron chi connectivity index (χ1n) is 2.99. The first kappa shape index (κ1) is 14.1. The molecule has 0 bridgehead atoms. The monoisotopic (exact) mass is 198 g/mol. The lowest BCUT2D eigenvalue weighted by Gasteiger charge is -2.14. The maximum absolute atomic E-state index is 9.00. The summed E-state index contributed by atoms with van der Waals surface area (Å²) in [4.78, 5) is 17.9. The lowest BCUT2D eigenvalue weighted by atomic mass is 10.9. The molecule has 0 aromatic rings. The van der Waals surface area contributed by atoms with Crippen molar-refractivity contribution in [2.24, 2.45) is 0 Å². The fourth-order valence-corrected chi connectivity index (χ4v) is 0.750. The predicted octanol–water partition coefficient (Wildman–Crippen LogP) is -0.556. The summed E-state index contributed by atoms with van der Waals surface area (Å²) in [5.41, 5.74) is 0. The van der Waals surface area contributed by atoms with E-state index in [4.69, 9.17) is 14.7 Å². The van der Waals surface area contributed by atoms with Gasteiger partial charge >= 0.3 is 9.05 Å². The number of aliphatic carboxylic acids is 1. The van der Waals surface area contributed by atoms with E-state index in [2.05, 4.69) is 13.3 Å². The molecule has 0 aromatic carbocycles. The molecule has 0 amide bonds. The Kier molecular flexibility index (Phi) is 8.43. The first-order chi connectivity index (χ1) is 5.41. The second kappa shape index (κ2) is 7.19. The van der Waals surface area contributed by atoms with Crippen LogP contribution in [0.3, 0.4) is 0 Å². The van der Waals surface area contributed by atoms with Crippen LogP contribution in [0.2, 0.25) is 0 Å². The summed E-state index contributed by atoms with van der Waals surface area (Å²) >= 11 is 0. The molecular weight excluding hydrogens is 184 g/mol. The zero-order valence-corrected chi connectivity index (χ0v) is 8.53. The summed E-state index contributed by atoms with van der Waals surface area (Å²) in [6, 6.07) is 0. The molecule has 0 rings (SSSR count). The van der Waals surface area contributed by atoms with Gasteiger partial charge in [-0.1, -0.05) is 0 Å². The summed E-state index contributed by atoms with van der Waals surface area (Å²) in [5.74, 6) is -0.833. The van der Waals surface area contributed by atoms with Gasteiger partial charge in [-0.3, -0.25) is 4.79 Å². The van der Waals surface area contributed by atoms with E-state index in [1.165, 1.54) is 21.3 Å². The van der Waals surface area contributed by atoms with Crippen molar-refractivity contribution in [2.75, 3.05) is 21.3 Å². The molecule has 0 aromatic heterocycles. The maximum Gasteiger partial charge on any atom is 0.676 e. The minimum absolute atomic E-state index is 0.833. The van der Waals surface area contributed by atoms with Crippen LogP contribution in [-0.2, 0) is 18.1 Å². The number of hydrogen-bond acceptors (Lipinski definition) is 5. The number of carboxylic acids is 1. The van der Waals surface area contributed by atoms with E-state index in [9.17, 15) is 0 Å². The minimum Gasteiger partial charge on any atom is -0.481 e. The number of carbonyl (C=O) groups is 1. The van der Waals surface area contributed by atoms with E-state index in [-0.39, 0.29) is 0 Å². The smallest absolute Gasteiger partial charge is 0.481 e. The van der Waals surface area contributed by atoms with Crippen LogP contribution in [-0.4, -0.2) is 46.2 Å². The van der Waals surface area contributed by atoms with Crippen molar-refractivity contribution in [1.82, 2.24) is 0 Å². The fraction of sp³-hybridized carbons (Fsp3) is 0.800. The Balaban J connectivity index is 0. The average molecular weight is 198 g/mol. The highest BCUT2D eigenvalue weighted by atomic mass is 28.4. The van der Waals surface area contributed by atoms with Crippen molar-refractivity contribution in [3.63, 3.8) is 0 Å². The van der Waals surface area contributed by atoms with Gasteiger partial charge in [0.05, 0.1) is 0 Å². The molecule has 0 atom stereocenters. The van der Waals surface area contributed by atoms with Crippen LogP contribution in [0.25, 0.3) is 0 Å². The number of carboxylic acid groups (broad SMARTS) is 1. The second-order valence-corrected chi connectivity index (χ2v) is 3.93. The Labute approximate surface area is 72.2 Å². The van der Waals surface area contributed by atoms with Gasteiger partial charge in [0, 0.05) is 28.3 Å². The van der Waals surface area contributed by atoms with Gasteiger partial charge in [-0.25, -0.2) is 0 Å². The topological polar surface area (TPSA) is 85.2 Å². The molecule has 0 spiro atoms. The second-order valence-electron chi connectivity index (χ2n) is 1.66. The van der Waals surface area contributed by atoms with Crippen LogP contribution in [0.15, 0.2) is 0 Å². The van der Waals surface area contributed by atoms with Crippen molar-refractivity contribution in [3.8, 4) is 0 Å². The van der Waals surface area contributed by atoms with Crippen molar-refractivity contribution in [1.29, 1.82) is 0 Å². The zero-order valence-electron chi connectivity index (χ0n) is 7.53. The Morgan fingerprint density at radius 1 is 1.17 bits per heavy atom. The van der Waals surface area contributed by atoms with Gasteiger partial charge in [-0.2, -0.15) is 0 Å². The summed E-state index contributed by atoms with van der Waals surface area (Å²) in [6.07, 6.45) is 0. The molecule has 0 heterocycles. The highest BCUT2D eigenvalue weighted by molar-refractivity contribution is 6.51. The third-order valence-corrected chi connectivity index (χ3v) is 2.32. The third kappa shape index (κ3) is 9.53. The Bertz CT molecular complexity index is 111. The Morgan fingerprint density at radius 2 is 1.33 bits per heavy atom. The molecule has 0 radical (unpaired) electrons. The van der Waals surface area contributed by atoms with Gasteiger partial charge in [0.25, 0.3) is 5.97 Å². The summed E-state index contributed by atoms with van der Waals surface area (Å²) < 4.78 is 13.5. The van der Waals surface area contributed by atoms with Crippen LogP contribution in [0, 0.1) is 0 Å². The number of hydrogen-bond donors (Lipinski definition) is 2. The molecule has 7 heteroatoms.